The smallest absolute Gasteiger partial charge is 0.329 e. The molecular weight excluding hydrogens is 272 g/mol. The normalized spacial score (nSPS) is 25.5. The van der Waals surface area contributed by atoms with Crippen molar-refractivity contribution in [2.45, 2.75) is 57.4 Å². The van der Waals surface area contributed by atoms with Gasteiger partial charge in [0.25, 0.3) is 5.91 Å². The first-order valence-corrected chi connectivity index (χ1v) is 7.57. The number of carbonyl (C=O) groups excluding carboxylic acids is 1. The van der Waals surface area contributed by atoms with E-state index in [9.17, 15) is 14.7 Å². The molecule has 0 aromatic carbocycles. The molecule has 6 heteroatoms. The number of nitrogens with zero attached hydrogens (tertiary/aromatic N) is 2. The predicted molar refractivity (Wildman–Crippen MR) is 74.1 cm³/mol. The number of aryl methyl sites for hydroxylation is 1. The van der Waals surface area contributed by atoms with Crippen LogP contribution in [-0.2, 0) is 17.6 Å². The van der Waals surface area contributed by atoms with Crippen molar-refractivity contribution in [3.63, 3.8) is 0 Å². The average Bonchev–Trinajstić information content (AvgIpc) is 2.96. The number of fused-ring (bicyclic) bond motifs is 1. The second-order valence-electron chi connectivity index (χ2n) is 6.13. The minimum absolute atomic E-state index is 0.302. The summed E-state index contributed by atoms with van der Waals surface area (Å²) in [5.74, 6) is -0.459. The van der Waals surface area contributed by atoms with Crippen molar-refractivity contribution in [1.82, 2.24) is 10.1 Å². The second kappa shape index (κ2) is 5.16. The Morgan fingerprint density at radius 1 is 1.24 bits per heavy atom. The first-order chi connectivity index (χ1) is 10.0. The van der Waals surface area contributed by atoms with Gasteiger partial charge in [-0.1, -0.05) is 11.6 Å². The second-order valence-corrected chi connectivity index (χ2v) is 6.13. The maximum Gasteiger partial charge on any atom is 0.329 e. The van der Waals surface area contributed by atoms with Crippen LogP contribution in [0.25, 0.3) is 0 Å². The summed E-state index contributed by atoms with van der Waals surface area (Å²) in [5.41, 5.74) is 0.0756. The van der Waals surface area contributed by atoms with Crippen molar-refractivity contribution in [1.29, 1.82) is 0 Å². The van der Waals surface area contributed by atoms with Crippen LogP contribution in [0, 0.1) is 0 Å². The Morgan fingerprint density at radius 2 is 2.00 bits per heavy atom. The van der Waals surface area contributed by atoms with E-state index in [1.165, 1.54) is 4.90 Å². The lowest BCUT2D eigenvalue weighted by Gasteiger charge is -2.30. The maximum absolute atomic E-state index is 12.8. The van der Waals surface area contributed by atoms with Gasteiger partial charge in [-0.25, -0.2) is 4.79 Å². The monoisotopic (exact) mass is 292 g/mol. The van der Waals surface area contributed by atoms with E-state index in [0.29, 0.717) is 25.1 Å². The van der Waals surface area contributed by atoms with Gasteiger partial charge in [-0.05, 0) is 39.0 Å². The van der Waals surface area contributed by atoms with Crippen LogP contribution in [0.4, 0.5) is 0 Å². The van der Waals surface area contributed by atoms with Gasteiger partial charge in [-0.3, -0.25) is 4.79 Å². The van der Waals surface area contributed by atoms with Gasteiger partial charge in [-0.2, -0.15) is 0 Å². The molecular formula is C15H20N2O4. The Morgan fingerprint density at radius 3 is 2.76 bits per heavy atom. The number of aromatic nitrogens is 1. The highest BCUT2D eigenvalue weighted by Gasteiger charge is 2.47. The van der Waals surface area contributed by atoms with Gasteiger partial charge in [0.15, 0.2) is 5.69 Å². The first-order valence-electron chi connectivity index (χ1n) is 7.57. The highest BCUT2D eigenvalue weighted by molar-refractivity contribution is 5.97. The summed E-state index contributed by atoms with van der Waals surface area (Å²) < 4.78 is 5.33. The number of carboxylic acids is 1. The number of rotatable bonds is 2. The number of amides is 1. The van der Waals surface area contributed by atoms with Crippen LogP contribution in [0.1, 0.15) is 60.8 Å². The van der Waals surface area contributed by atoms with Gasteiger partial charge in [-0.15, -0.1) is 0 Å². The standard InChI is InChI=1S/C15H20N2O4/c1-15(14(19)20)8-5-9-17(15)13(18)12-10-6-3-2-4-7-11(10)21-16-12/h2-9H2,1H3,(H,19,20). The highest BCUT2D eigenvalue weighted by atomic mass is 16.5. The predicted octanol–water partition coefficient (Wildman–Crippen LogP) is 2.02. The van der Waals surface area contributed by atoms with Crippen molar-refractivity contribution in [2.75, 3.05) is 6.54 Å². The number of likely N-dealkylation sites (tertiary alicyclic amines) is 1. The summed E-state index contributed by atoms with van der Waals surface area (Å²) in [5, 5.41) is 13.4. The van der Waals surface area contributed by atoms with E-state index in [2.05, 4.69) is 5.16 Å². The molecule has 0 radical (unpaired) electrons. The minimum Gasteiger partial charge on any atom is -0.480 e. The zero-order chi connectivity index (χ0) is 15.0. The Balaban J connectivity index is 1.92. The fourth-order valence-corrected chi connectivity index (χ4v) is 3.37. The summed E-state index contributed by atoms with van der Waals surface area (Å²) in [7, 11) is 0. The molecule has 114 valence electrons. The molecule has 1 fully saturated rings. The molecule has 1 atom stereocenters. The molecule has 0 bridgehead atoms. The van der Waals surface area contributed by atoms with E-state index in [0.717, 1.165) is 43.4 Å². The molecule has 1 N–H and O–H groups in total. The minimum atomic E-state index is -1.13. The summed E-state index contributed by atoms with van der Waals surface area (Å²) in [6.45, 7) is 2.07. The third-order valence-electron chi connectivity index (χ3n) is 4.75. The summed E-state index contributed by atoms with van der Waals surface area (Å²) >= 11 is 0. The Bertz CT molecular complexity index is 580. The van der Waals surface area contributed by atoms with Crippen LogP contribution in [0.5, 0.6) is 0 Å². The lowest BCUT2D eigenvalue weighted by atomic mass is 9.98. The summed E-state index contributed by atoms with van der Waals surface area (Å²) in [6, 6.07) is 0. The molecule has 1 aromatic rings. The maximum atomic E-state index is 12.8. The SMILES string of the molecule is CC1(C(=O)O)CCCN1C(=O)c1noc2c1CCCCC2. The van der Waals surface area contributed by atoms with Crippen LogP contribution < -0.4 is 0 Å². The van der Waals surface area contributed by atoms with Crippen molar-refractivity contribution in [3.05, 3.63) is 17.0 Å². The molecule has 2 heterocycles. The number of hydrogen-bond acceptors (Lipinski definition) is 4. The van der Waals surface area contributed by atoms with E-state index in [4.69, 9.17) is 4.52 Å². The molecule has 1 saturated heterocycles. The molecule has 2 aliphatic rings. The molecule has 6 nitrogen and oxygen atoms in total. The number of carbonyl (C=O) groups is 2. The largest absolute Gasteiger partial charge is 0.480 e. The van der Waals surface area contributed by atoms with Gasteiger partial charge in [0.1, 0.15) is 11.3 Å². The summed E-state index contributed by atoms with van der Waals surface area (Å²) in [6.07, 6.45) is 5.97. The fraction of sp³-hybridized carbons (Fsp3) is 0.667. The van der Waals surface area contributed by atoms with Gasteiger partial charge in [0.2, 0.25) is 0 Å². The van der Waals surface area contributed by atoms with E-state index in [1.807, 2.05) is 0 Å². The first kappa shape index (κ1) is 14.1. The zero-order valence-electron chi connectivity index (χ0n) is 12.2. The van der Waals surface area contributed by atoms with Crippen LogP contribution in [0.2, 0.25) is 0 Å². The van der Waals surface area contributed by atoms with Crippen LogP contribution in [0.15, 0.2) is 4.52 Å². The Hall–Kier alpha value is -1.85. The molecule has 21 heavy (non-hydrogen) atoms. The quantitative estimate of drug-likeness (QED) is 0.843. The number of aliphatic carboxylic acids is 1. The lowest BCUT2D eigenvalue weighted by molar-refractivity contribution is -0.147. The van der Waals surface area contributed by atoms with Gasteiger partial charge < -0.3 is 14.5 Å². The average molecular weight is 292 g/mol. The van der Waals surface area contributed by atoms with Gasteiger partial charge >= 0.3 is 5.97 Å². The molecule has 0 spiro atoms. The van der Waals surface area contributed by atoms with E-state index >= 15 is 0 Å². The molecule has 1 amide bonds. The Labute approximate surface area is 123 Å². The molecule has 1 unspecified atom stereocenters. The Kier molecular flexibility index (Phi) is 3.47. The van der Waals surface area contributed by atoms with Crippen molar-refractivity contribution >= 4 is 11.9 Å². The van der Waals surface area contributed by atoms with Crippen molar-refractivity contribution in [3.8, 4) is 0 Å². The van der Waals surface area contributed by atoms with Crippen LogP contribution in [0.3, 0.4) is 0 Å². The van der Waals surface area contributed by atoms with E-state index < -0.39 is 11.5 Å². The molecule has 3 rings (SSSR count). The lowest BCUT2D eigenvalue weighted by Crippen LogP contribution is -2.51. The highest BCUT2D eigenvalue weighted by Crippen LogP contribution is 2.32. The van der Waals surface area contributed by atoms with Gasteiger partial charge in [0.05, 0.1) is 0 Å². The van der Waals surface area contributed by atoms with Crippen LogP contribution in [-0.4, -0.2) is 39.1 Å². The third kappa shape index (κ3) is 2.22. The molecule has 1 aromatic heterocycles. The van der Waals surface area contributed by atoms with Crippen LogP contribution >= 0.6 is 0 Å². The van der Waals surface area contributed by atoms with Crippen molar-refractivity contribution in [2.24, 2.45) is 0 Å². The topological polar surface area (TPSA) is 83.6 Å². The number of carboxylic acid groups (broad SMARTS) is 1. The fourth-order valence-electron chi connectivity index (χ4n) is 3.37. The summed E-state index contributed by atoms with van der Waals surface area (Å²) in [4.78, 5) is 25.7. The van der Waals surface area contributed by atoms with E-state index in [-0.39, 0.29) is 5.91 Å². The van der Waals surface area contributed by atoms with E-state index in [1.54, 1.807) is 6.92 Å². The molecule has 0 saturated carbocycles. The zero-order valence-corrected chi connectivity index (χ0v) is 12.2. The van der Waals surface area contributed by atoms with Crippen molar-refractivity contribution < 1.29 is 19.2 Å². The number of hydrogen-bond donors (Lipinski definition) is 1. The third-order valence-corrected chi connectivity index (χ3v) is 4.75. The molecule has 1 aliphatic heterocycles. The molecule has 1 aliphatic carbocycles. The van der Waals surface area contributed by atoms with Gasteiger partial charge in [0, 0.05) is 18.5 Å².